The molecule has 0 saturated carbocycles. The van der Waals surface area contributed by atoms with Crippen molar-refractivity contribution in [3.8, 4) is 5.75 Å². The highest BCUT2D eigenvalue weighted by Gasteiger charge is 2.01. The van der Waals surface area contributed by atoms with Crippen LogP contribution in [-0.2, 0) is 6.42 Å². The Bertz CT molecular complexity index is 422. The van der Waals surface area contributed by atoms with Crippen molar-refractivity contribution in [2.24, 2.45) is 4.99 Å². The summed E-state index contributed by atoms with van der Waals surface area (Å²) < 4.78 is 5.33. The van der Waals surface area contributed by atoms with Gasteiger partial charge in [-0.15, -0.1) is 24.0 Å². The van der Waals surface area contributed by atoms with Crippen LogP contribution < -0.4 is 15.4 Å². The number of hydrogen-bond donors (Lipinski definition) is 2. The topological polar surface area (TPSA) is 45.7 Å². The van der Waals surface area contributed by atoms with E-state index in [4.69, 9.17) is 4.74 Å². The number of halogens is 1. The molecule has 0 aliphatic rings. The Labute approximate surface area is 139 Å². The number of guanidine groups is 1. The van der Waals surface area contributed by atoms with Crippen LogP contribution in [0.2, 0.25) is 0 Å². The smallest absolute Gasteiger partial charge is 0.190 e. The van der Waals surface area contributed by atoms with Gasteiger partial charge in [-0.05, 0) is 37.0 Å². The molecule has 0 amide bonds. The summed E-state index contributed by atoms with van der Waals surface area (Å²) in [7, 11) is 3.50. The van der Waals surface area contributed by atoms with E-state index in [-0.39, 0.29) is 24.0 Å². The summed E-state index contributed by atoms with van der Waals surface area (Å²) in [5, 5.41) is 6.55. The summed E-state index contributed by atoms with van der Waals surface area (Å²) in [6.45, 7) is 5.99. The standard InChI is InChI=1S/C15H25N3O.HI/c1-5-9-17-15(16-3)18-10-8-13-7-6-12(2)14(11-13)19-4;/h6-7,11H,5,8-10H2,1-4H3,(H2,16,17,18);1H. The number of benzene rings is 1. The Balaban J connectivity index is 0.00000361. The molecule has 0 fully saturated rings. The number of aliphatic imine (C=N–C) groups is 1. The van der Waals surface area contributed by atoms with Crippen molar-refractivity contribution in [2.45, 2.75) is 26.7 Å². The van der Waals surface area contributed by atoms with E-state index in [0.717, 1.165) is 37.6 Å². The first kappa shape index (κ1) is 19.0. The van der Waals surface area contributed by atoms with Gasteiger partial charge in [0.2, 0.25) is 0 Å². The quantitative estimate of drug-likeness (QED) is 0.445. The van der Waals surface area contributed by atoms with Gasteiger partial charge in [0, 0.05) is 20.1 Å². The van der Waals surface area contributed by atoms with Gasteiger partial charge in [-0.25, -0.2) is 0 Å². The molecule has 0 radical (unpaired) electrons. The zero-order valence-corrected chi connectivity index (χ0v) is 15.2. The molecule has 0 spiro atoms. The molecule has 4 nitrogen and oxygen atoms in total. The summed E-state index contributed by atoms with van der Waals surface area (Å²) in [4.78, 5) is 4.17. The van der Waals surface area contributed by atoms with Crippen LogP contribution in [0.1, 0.15) is 24.5 Å². The van der Waals surface area contributed by atoms with Gasteiger partial charge in [-0.1, -0.05) is 19.1 Å². The maximum Gasteiger partial charge on any atom is 0.190 e. The summed E-state index contributed by atoms with van der Waals surface area (Å²) in [6.07, 6.45) is 2.04. The van der Waals surface area contributed by atoms with Crippen LogP contribution in [0, 0.1) is 6.92 Å². The summed E-state index contributed by atoms with van der Waals surface area (Å²) in [6, 6.07) is 6.33. The molecule has 114 valence electrons. The summed E-state index contributed by atoms with van der Waals surface area (Å²) in [5.74, 6) is 1.81. The number of ether oxygens (including phenoxy) is 1. The number of methoxy groups -OCH3 is 1. The van der Waals surface area contributed by atoms with Gasteiger partial charge in [-0.2, -0.15) is 0 Å². The number of rotatable bonds is 6. The van der Waals surface area contributed by atoms with Crippen LogP contribution in [0.3, 0.4) is 0 Å². The first-order valence-electron chi connectivity index (χ1n) is 6.79. The minimum absolute atomic E-state index is 0. The second-order valence-corrected chi connectivity index (χ2v) is 4.48. The third kappa shape index (κ3) is 6.45. The molecular formula is C15H26IN3O. The number of hydrogen-bond acceptors (Lipinski definition) is 2. The van der Waals surface area contributed by atoms with Crippen molar-refractivity contribution in [3.63, 3.8) is 0 Å². The molecule has 0 atom stereocenters. The second kappa shape index (κ2) is 10.8. The molecule has 0 aliphatic carbocycles. The van der Waals surface area contributed by atoms with E-state index in [1.54, 1.807) is 14.2 Å². The largest absolute Gasteiger partial charge is 0.496 e. The lowest BCUT2D eigenvalue weighted by molar-refractivity contribution is 0.411. The fraction of sp³-hybridized carbons (Fsp3) is 0.533. The zero-order chi connectivity index (χ0) is 14.1. The summed E-state index contributed by atoms with van der Waals surface area (Å²) >= 11 is 0. The molecule has 0 aromatic heterocycles. The minimum Gasteiger partial charge on any atom is -0.496 e. The lowest BCUT2D eigenvalue weighted by Gasteiger charge is -2.12. The molecule has 5 heteroatoms. The molecular weight excluding hydrogens is 365 g/mol. The van der Waals surface area contributed by atoms with E-state index in [0.29, 0.717) is 0 Å². The predicted molar refractivity (Wildman–Crippen MR) is 96.5 cm³/mol. The van der Waals surface area contributed by atoms with Gasteiger partial charge < -0.3 is 15.4 Å². The molecule has 0 aliphatic heterocycles. The van der Waals surface area contributed by atoms with Crippen molar-refractivity contribution in [1.29, 1.82) is 0 Å². The van der Waals surface area contributed by atoms with Gasteiger partial charge in [0.25, 0.3) is 0 Å². The lowest BCUT2D eigenvalue weighted by atomic mass is 10.1. The van der Waals surface area contributed by atoms with Crippen molar-refractivity contribution in [3.05, 3.63) is 29.3 Å². The first-order chi connectivity index (χ1) is 9.21. The minimum atomic E-state index is 0. The number of nitrogens with zero attached hydrogens (tertiary/aromatic N) is 1. The van der Waals surface area contributed by atoms with E-state index in [2.05, 4.69) is 47.7 Å². The molecule has 1 aromatic rings. The van der Waals surface area contributed by atoms with Crippen LogP contribution >= 0.6 is 24.0 Å². The highest BCUT2D eigenvalue weighted by Crippen LogP contribution is 2.18. The van der Waals surface area contributed by atoms with Gasteiger partial charge in [0.1, 0.15) is 5.75 Å². The van der Waals surface area contributed by atoms with E-state index >= 15 is 0 Å². The average Bonchev–Trinajstić information content (AvgIpc) is 2.44. The van der Waals surface area contributed by atoms with E-state index in [1.807, 2.05) is 0 Å². The maximum absolute atomic E-state index is 5.33. The van der Waals surface area contributed by atoms with E-state index in [9.17, 15) is 0 Å². The fourth-order valence-electron chi connectivity index (χ4n) is 1.81. The van der Waals surface area contributed by atoms with E-state index < -0.39 is 0 Å². The fourth-order valence-corrected chi connectivity index (χ4v) is 1.81. The van der Waals surface area contributed by atoms with Crippen LogP contribution in [-0.4, -0.2) is 33.2 Å². The Morgan fingerprint density at radius 1 is 1.25 bits per heavy atom. The molecule has 0 heterocycles. The number of aryl methyl sites for hydroxylation is 1. The van der Waals surface area contributed by atoms with Gasteiger partial charge in [0.15, 0.2) is 5.96 Å². The third-order valence-electron chi connectivity index (χ3n) is 2.94. The molecule has 0 saturated heterocycles. The van der Waals surface area contributed by atoms with Crippen LogP contribution in [0.25, 0.3) is 0 Å². The van der Waals surface area contributed by atoms with Gasteiger partial charge >= 0.3 is 0 Å². The molecule has 2 N–H and O–H groups in total. The van der Waals surface area contributed by atoms with Gasteiger partial charge in [-0.3, -0.25) is 4.99 Å². The molecule has 1 rings (SSSR count). The van der Waals surface area contributed by atoms with Crippen molar-refractivity contribution < 1.29 is 4.74 Å². The third-order valence-corrected chi connectivity index (χ3v) is 2.94. The lowest BCUT2D eigenvalue weighted by Crippen LogP contribution is -2.38. The highest BCUT2D eigenvalue weighted by molar-refractivity contribution is 14.0. The molecule has 20 heavy (non-hydrogen) atoms. The number of nitrogens with one attached hydrogen (secondary N) is 2. The molecule has 1 aromatic carbocycles. The van der Waals surface area contributed by atoms with Crippen LogP contribution in [0.15, 0.2) is 23.2 Å². The van der Waals surface area contributed by atoms with Crippen molar-refractivity contribution in [2.75, 3.05) is 27.2 Å². The Kier molecular flexibility index (Phi) is 10.2. The first-order valence-corrected chi connectivity index (χ1v) is 6.79. The van der Waals surface area contributed by atoms with Crippen molar-refractivity contribution >= 4 is 29.9 Å². The van der Waals surface area contributed by atoms with Crippen LogP contribution in [0.4, 0.5) is 0 Å². The normalized spacial score (nSPS) is 10.7. The molecule has 0 bridgehead atoms. The summed E-state index contributed by atoms with van der Waals surface area (Å²) in [5.41, 5.74) is 2.43. The zero-order valence-electron chi connectivity index (χ0n) is 12.8. The highest BCUT2D eigenvalue weighted by atomic mass is 127. The Hall–Kier alpha value is -0.980. The second-order valence-electron chi connectivity index (χ2n) is 4.48. The van der Waals surface area contributed by atoms with Crippen molar-refractivity contribution in [1.82, 2.24) is 10.6 Å². The van der Waals surface area contributed by atoms with Gasteiger partial charge in [0.05, 0.1) is 7.11 Å². The Morgan fingerprint density at radius 2 is 1.95 bits per heavy atom. The van der Waals surface area contributed by atoms with Crippen LogP contribution in [0.5, 0.6) is 5.75 Å². The predicted octanol–water partition coefficient (Wildman–Crippen LogP) is 2.74. The SMILES string of the molecule is CCCNC(=NC)NCCc1ccc(C)c(OC)c1.I. The average molecular weight is 391 g/mol. The van der Waals surface area contributed by atoms with E-state index in [1.165, 1.54) is 11.1 Å². The Morgan fingerprint density at radius 3 is 2.55 bits per heavy atom. The maximum atomic E-state index is 5.33. The monoisotopic (exact) mass is 391 g/mol. The molecule has 0 unspecified atom stereocenters.